The summed E-state index contributed by atoms with van der Waals surface area (Å²) in [6.07, 6.45) is 1.90. The fraction of sp³-hybridized carbons (Fsp3) is 0.316. The minimum Gasteiger partial charge on any atom is -0.376 e. The van der Waals surface area contributed by atoms with E-state index in [1.165, 1.54) is 18.2 Å². The van der Waals surface area contributed by atoms with Gasteiger partial charge in [0, 0.05) is 25.8 Å². The molecule has 0 saturated carbocycles. The van der Waals surface area contributed by atoms with Gasteiger partial charge in [-0.05, 0) is 54.9 Å². The first kappa shape index (κ1) is 18.7. The Morgan fingerprint density at radius 2 is 1.96 bits per heavy atom. The van der Waals surface area contributed by atoms with Crippen LogP contribution in [-0.4, -0.2) is 29.3 Å². The van der Waals surface area contributed by atoms with E-state index >= 15 is 0 Å². The second kappa shape index (κ2) is 8.51. The average Bonchev–Trinajstić information content (AvgIpc) is 3.10. The summed E-state index contributed by atoms with van der Waals surface area (Å²) in [4.78, 5) is 1.81. The van der Waals surface area contributed by atoms with Gasteiger partial charge in [0.05, 0.1) is 11.8 Å². The molecule has 3 nitrogen and oxygen atoms in total. The monoisotopic (exact) mass is 380 g/mol. The SMILES string of the molecule is Fc1cccc(CN(CC2CCCO2)C(=S)Nc2ccc(F)cc2F)c1. The van der Waals surface area contributed by atoms with Crippen molar-refractivity contribution in [2.24, 2.45) is 0 Å². The third kappa shape index (κ3) is 4.95. The summed E-state index contributed by atoms with van der Waals surface area (Å²) in [5, 5.41) is 3.09. The summed E-state index contributed by atoms with van der Waals surface area (Å²) in [5.41, 5.74) is 0.833. The van der Waals surface area contributed by atoms with Crippen molar-refractivity contribution in [3.05, 3.63) is 65.5 Å². The fourth-order valence-corrected chi connectivity index (χ4v) is 3.14. The summed E-state index contributed by atoms with van der Waals surface area (Å²) in [6.45, 7) is 1.56. The van der Waals surface area contributed by atoms with Crippen molar-refractivity contribution in [3.63, 3.8) is 0 Å². The van der Waals surface area contributed by atoms with Crippen molar-refractivity contribution in [1.29, 1.82) is 0 Å². The smallest absolute Gasteiger partial charge is 0.173 e. The maximum atomic E-state index is 13.9. The van der Waals surface area contributed by atoms with E-state index in [1.54, 1.807) is 12.1 Å². The molecule has 1 aliphatic heterocycles. The first-order chi connectivity index (χ1) is 12.5. The van der Waals surface area contributed by atoms with E-state index in [-0.39, 0.29) is 22.7 Å². The standard InChI is InChI=1S/C19H19F3N2OS/c20-14-4-1-3-13(9-14)11-24(12-16-5-2-8-25-16)19(26)23-18-7-6-15(21)10-17(18)22/h1,3-4,6-7,9-10,16H,2,5,8,11-12H2,(H,23,26). The van der Waals surface area contributed by atoms with Gasteiger partial charge in [0.2, 0.25) is 0 Å². The van der Waals surface area contributed by atoms with Crippen LogP contribution < -0.4 is 5.32 Å². The summed E-state index contributed by atoms with van der Waals surface area (Å²) in [5.74, 6) is -1.71. The van der Waals surface area contributed by atoms with Gasteiger partial charge in [0.1, 0.15) is 17.5 Å². The molecule has 2 aromatic carbocycles. The number of anilines is 1. The van der Waals surface area contributed by atoms with E-state index < -0.39 is 11.6 Å². The van der Waals surface area contributed by atoms with Gasteiger partial charge in [-0.15, -0.1) is 0 Å². The molecule has 138 valence electrons. The molecule has 26 heavy (non-hydrogen) atoms. The number of nitrogens with zero attached hydrogens (tertiary/aromatic N) is 1. The zero-order valence-corrected chi connectivity index (χ0v) is 14.9. The first-order valence-electron chi connectivity index (χ1n) is 8.38. The molecule has 0 spiro atoms. The predicted molar refractivity (Wildman–Crippen MR) is 98.4 cm³/mol. The summed E-state index contributed by atoms with van der Waals surface area (Å²) in [6, 6.07) is 9.48. The molecule has 1 fully saturated rings. The maximum Gasteiger partial charge on any atom is 0.173 e. The normalized spacial score (nSPS) is 16.5. The van der Waals surface area contributed by atoms with Crippen LogP contribution in [0.2, 0.25) is 0 Å². The zero-order valence-electron chi connectivity index (χ0n) is 14.1. The molecule has 7 heteroatoms. The second-order valence-corrected chi connectivity index (χ2v) is 6.59. The van der Waals surface area contributed by atoms with Crippen LogP contribution in [0.15, 0.2) is 42.5 Å². The Balaban J connectivity index is 1.75. The van der Waals surface area contributed by atoms with Gasteiger partial charge in [-0.25, -0.2) is 13.2 Å². The highest BCUT2D eigenvalue weighted by Gasteiger charge is 2.22. The highest BCUT2D eigenvalue weighted by Crippen LogP contribution is 2.19. The topological polar surface area (TPSA) is 24.5 Å². The van der Waals surface area contributed by atoms with Crippen molar-refractivity contribution in [1.82, 2.24) is 4.90 Å². The summed E-state index contributed by atoms with van der Waals surface area (Å²) >= 11 is 5.42. The zero-order chi connectivity index (χ0) is 18.5. The fourth-order valence-electron chi connectivity index (χ4n) is 2.89. The molecule has 0 aliphatic carbocycles. The van der Waals surface area contributed by atoms with E-state index in [0.717, 1.165) is 30.5 Å². The van der Waals surface area contributed by atoms with Crippen LogP contribution in [0.3, 0.4) is 0 Å². The molecular weight excluding hydrogens is 361 g/mol. The van der Waals surface area contributed by atoms with Crippen LogP contribution >= 0.6 is 12.2 Å². The molecule has 2 aromatic rings. The third-order valence-corrected chi connectivity index (χ3v) is 4.53. The Morgan fingerprint density at radius 1 is 1.15 bits per heavy atom. The minimum atomic E-state index is -0.727. The lowest BCUT2D eigenvalue weighted by molar-refractivity contribution is 0.0905. The number of hydrogen-bond donors (Lipinski definition) is 1. The number of halogens is 3. The molecule has 1 aliphatic rings. The number of benzene rings is 2. The predicted octanol–water partition coefficient (Wildman–Crippen LogP) is 4.48. The lowest BCUT2D eigenvalue weighted by Crippen LogP contribution is -2.39. The molecule has 0 bridgehead atoms. The number of thiocarbonyl (C=S) groups is 1. The van der Waals surface area contributed by atoms with Crippen LogP contribution in [0, 0.1) is 17.5 Å². The molecule has 0 aromatic heterocycles. The number of rotatable bonds is 5. The van der Waals surface area contributed by atoms with Crippen LogP contribution in [0.5, 0.6) is 0 Å². The van der Waals surface area contributed by atoms with Crippen molar-refractivity contribution >= 4 is 23.0 Å². The van der Waals surface area contributed by atoms with Crippen molar-refractivity contribution in [2.45, 2.75) is 25.5 Å². The lowest BCUT2D eigenvalue weighted by Gasteiger charge is -2.28. The molecule has 1 atom stereocenters. The van der Waals surface area contributed by atoms with E-state index in [1.807, 2.05) is 4.90 Å². The Bertz CT molecular complexity index is 781. The lowest BCUT2D eigenvalue weighted by atomic mass is 10.2. The molecular formula is C19H19F3N2OS. The highest BCUT2D eigenvalue weighted by atomic mass is 32.1. The van der Waals surface area contributed by atoms with Gasteiger partial charge >= 0.3 is 0 Å². The van der Waals surface area contributed by atoms with Gasteiger partial charge < -0.3 is 15.0 Å². The Labute approximate surface area is 155 Å². The number of hydrogen-bond acceptors (Lipinski definition) is 2. The number of ether oxygens (including phenoxy) is 1. The Morgan fingerprint density at radius 3 is 2.65 bits per heavy atom. The first-order valence-corrected chi connectivity index (χ1v) is 8.79. The molecule has 1 saturated heterocycles. The molecule has 0 radical (unpaired) electrons. The summed E-state index contributed by atoms with van der Waals surface area (Å²) in [7, 11) is 0. The molecule has 1 N–H and O–H groups in total. The van der Waals surface area contributed by atoms with Gasteiger partial charge in [-0.3, -0.25) is 0 Å². The molecule has 3 rings (SSSR count). The number of nitrogens with one attached hydrogen (secondary N) is 1. The Hall–Kier alpha value is -2.12. The van der Waals surface area contributed by atoms with Gasteiger partial charge in [0.25, 0.3) is 0 Å². The largest absolute Gasteiger partial charge is 0.376 e. The third-order valence-electron chi connectivity index (χ3n) is 4.17. The molecule has 1 heterocycles. The van der Waals surface area contributed by atoms with Crippen LogP contribution in [0.4, 0.5) is 18.9 Å². The Kier molecular flexibility index (Phi) is 6.11. The van der Waals surface area contributed by atoms with Gasteiger partial charge in [-0.1, -0.05) is 12.1 Å². The van der Waals surface area contributed by atoms with E-state index in [2.05, 4.69) is 5.32 Å². The van der Waals surface area contributed by atoms with E-state index in [4.69, 9.17) is 17.0 Å². The second-order valence-electron chi connectivity index (χ2n) is 6.20. The molecule has 0 amide bonds. The van der Waals surface area contributed by atoms with Crippen LogP contribution in [0.1, 0.15) is 18.4 Å². The maximum absolute atomic E-state index is 13.9. The van der Waals surface area contributed by atoms with Crippen LogP contribution in [0.25, 0.3) is 0 Å². The van der Waals surface area contributed by atoms with Gasteiger partial charge in [0.15, 0.2) is 5.11 Å². The minimum absolute atomic E-state index is 0.0152. The van der Waals surface area contributed by atoms with Crippen molar-refractivity contribution < 1.29 is 17.9 Å². The summed E-state index contributed by atoms with van der Waals surface area (Å²) < 4.78 is 46.1. The highest BCUT2D eigenvalue weighted by molar-refractivity contribution is 7.80. The van der Waals surface area contributed by atoms with Gasteiger partial charge in [-0.2, -0.15) is 0 Å². The molecule has 1 unspecified atom stereocenters. The average molecular weight is 380 g/mol. The van der Waals surface area contributed by atoms with E-state index in [0.29, 0.717) is 19.7 Å². The quantitative estimate of drug-likeness (QED) is 0.773. The van der Waals surface area contributed by atoms with Crippen molar-refractivity contribution in [3.8, 4) is 0 Å². The van der Waals surface area contributed by atoms with Crippen LogP contribution in [-0.2, 0) is 11.3 Å². The van der Waals surface area contributed by atoms with E-state index in [9.17, 15) is 13.2 Å². The van der Waals surface area contributed by atoms with Crippen molar-refractivity contribution in [2.75, 3.05) is 18.5 Å².